The van der Waals surface area contributed by atoms with E-state index in [0.29, 0.717) is 17.2 Å². The average Bonchev–Trinajstić information content (AvgIpc) is 2.48. The highest BCUT2D eigenvalue weighted by Crippen LogP contribution is 2.31. The van der Waals surface area contributed by atoms with Crippen molar-refractivity contribution in [3.63, 3.8) is 0 Å². The van der Waals surface area contributed by atoms with Crippen molar-refractivity contribution in [3.05, 3.63) is 34.6 Å². The van der Waals surface area contributed by atoms with Gasteiger partial charge in [0.1, 0.15) is 5.82 Å². The molecule has 1 fully saturated rings. The summed E-state index contributed by atoms with van der Waals surface area (Å²) in [7, 11) is 1.61. The van der Waals surface area contributed by atoms with E-state index >= 15 is 0 Å². The number of rotatable bonds is 5. The Hall–Kier alpha value is -0.880. The molecule has 7 heteroatoms. The Balaban J connectivity index is 0.00000264. The number of halogens is 3. The summed E-state index contributed by atoms with van der Waals surface area (Å²) >= 11 is 6.06. The van der Waals surface area contributed by atoms with Gasteiger partial charge in [-0.05, 0) is 50.6 Å². The Kier molecular flexibility index (Phi) is 7.74. The molecule has 2 N–H and O–H groups in total. The van der Waals surface area contributed by atoms with Gasteiger partial charge in [0.25, 0.3) is 0 Å². The Labute approximate surface area is 147 Å². The molecule has 1 saturated heterocycles. The van der Waals surface area contributed by atoms with Crippen LogP contribution in [0.2, 0.25) is 5.02 Å². The van der Waals surface area contributed by atoms with E-state index in [2.05, 4.69) is 10.6 Å². The SMILES string of the molecule is COCC1(C(=O)NC(C)c2ccc(F)cc2Cl)CCNCC1.Cl. The first-order chi connectivity index (χ1) is 10.5. The molecule has 0 aromatic heterocycles. The standard InChI is InChI=1S/C16H22ClFN2O2.ClH/c1-11(13-4-3-12(18)9-14(13)17)20-15(21)16(10-22-2)5-7-19-8-6-16;/h3-4,9,11,19H,5-8,10H2,1-2H3,(H,20,21);1H. The molecule has 0 spiro atoms. The molecule has 1 unspecified atom stereocenters. The number of piperidine rings is 1. The van der Waals surface area contributed by atoms with Gasteiger partial charge in [-0.1, -0.05) is 17.7 Å². The van der Waals surface area contributed by atoms with Crippen molar-refractivity contribution in [2.45, 2.75) is 25.8 Å². The van der Waals surface area contributed by atoms with Crippen molar-refractivity contribution in [1.29, 1.82) is 0 Å². The minimum Gasteiger partial charge on any atom is -0.384 e. The predicted molar refractivity (Wildman–Crippen MR) is 91.6 cm³/mol. The third kappa shape index (κ3) is 4.80. The molecule has 2 rings (SSSR count). The van der Waals surface area contributed by atoms with E-state index in [4.69, 9.17) is 16.3 Å². The first kappa shape index (κ1) is 20.2. The molecule has 4 nitrogen and oxygen atoms in total. The monoisotopic (exact) mass is 364 g/mol. The zero-order valence-corrected chi connectivity index (χ0v) is 14.9. The lowest BCUT2D eigenvalue weighted by atomic mass is 9.78. The van der Waals surface area contributed by atoms with Crippen LogP contribution in [0.25, 0.3) is 0 Å². The highest BCUT2D eigenvalue weighted by atomic mass is 35.5. The average molecular weight is 365 g/mol. The van der Waals surface area contributed by atoms with Crippen LogP contribution in [0.15, 0.2) is 18.2 Å². The molecular formula is C16H23Cl2FN2O2. The molecule has 1 aliphatic rings. The van der Waals surface area contributed by atoms with Crippen LogP contribution in [0.1, 0.15) is 31.4 Å². The van der Waals surface area contributed by atoms with Gasteiger partial charge in [-0.15, -0.1) is 12.4 Å². The largest absolute Gasteiger partial charge is 0.384 e. The number of nitrogens with one attached hydrogen (secondary N) is 2. The second-order valence-electron chi connectivity index (χ2n) is 5.82. The zero-order valence-electron chi connectivity index (χ0n) is 13.3. The Morgan fingerprint density at radius 1 is 1.48 bits per heavy atom. The zero-order chi connectivity index (χ0) is 16.2. The smallest absolute Gasteiger partial charge is 0.229 e. The molecule has 0 aliphatic carbocycles. The lowest BCUT2D eigenvalue weighted by Gasteiger charge is -2.36. The number of methoxy groups -OCH3 is 1. The highest BCUT2D eigenvalue weighted by molar-refractivity contribution is 6.31. The number of benzene rings is 1. The number of carbonyl (C=O) groups excluding carboxylic acids is 1. The van der Waals surface area contributed by atoms with Crippen LogP contribution in [-0.4, -0.2) is 32.7 Å². The molecule has 0 bridgehead atoms. The van der Waals surface area contributed by atoms with Crippen molar-refractivity contribution in [2.75, 3.05) is 26.8 Å². The molecule has 130 valence electrons. The van der Waals surface area contributed by atoms with Gasteiger partial charge < -0.3 is 15.4 Å². The van der Waals surface area contributed by atoms with Crippen molar-refractivity contribution in [2.24, 2.45) is 5.41 Å². The molecular weight excluding hydrogens is 342 g/mol. The van der Waals surface area contributed by atoms with Crippen molar-refractivity contribution in [1.82, 2.24) is 10.6 Å². The summed E-state index contributed by atoms with van der Waals surface area (Å²) in [6.07, 6.45) is 1.47. The van der Waals surface area contributed by atoms with Crippen molar-refractivity contribution in [3.8, 4) is 0 Å². The quantitative estimate of drug-likeness (QED) is 0.843. The van der Waals surface area contributed by atoms with Crippen LogP contribution >= 0.6 is 24.0 Å². The summed E-state index contributed by atoms with van der Waals surface area (Å²) in [6, 6.07) is 3.92. The normalized spacial score (nSPS) is 17.9. The fourth-order valence-corrected chi connectivity index (χ4v) is 3.23. The van der Waals surface area contributed by atoms with E-state index in [0.717, 1.165) is 25.9 Å². The fraction of sp³-hybridized carbons (Fsp3) is 0.562. The van der Waals surface area contributed by atoms with Gasteiger partial charge in [-0.3, -0.25) is 4.79 Å². The van der Waals surface area contributed by atoms with Crippen LogP contribution < -0.4 is 10.6 Å². The van der Waals surface area contributed by atoms with E-state index in [-0.39, 0.29) is 30.2 Å². The molecule has 1 atom stereocenters. The third-order valence-electron chi connectivity index (χ3n) is 4.24. The fourth-order valence-electron chi connectivity index (χ4n) is 2.90. The van der Waals surface area contributed by atoms with Crippen LogP contribution in [0.5, 0.6) is 0 Å². The Bertz CT molecular complexity index is 531. The molecule has 0 radical (unpaired) electrons. The molecule has 23 heavy (non-hydrogen) atoms. The van der Waals surface area contributed by atoms with Crippen molar-refractivity contribution >= 4 is 29.9 Å². The summed E-state index contributed by atoms with van der Waals surface area (Å²) in [5, 5.41) is 6.57. The van der Waals surface area contributed by atoms with Gasteiger partial charge in [0.15, 0.2) is 0 Å². The number of ether oxygens (including phenoxy) is 1. The van der Waals surface area contributed by atoms with E-state index in [9.17, 15) is 9.18 Å². The first-order valence-corrected chi connectivity index (χ1v) is 7.82. The second-order valence-corrected chi connectivity index (χ2v) is 6.23. The molecule has 1 heterocycles. The maximum Gasteiger partial charge on any atom is 0.229 e. The van der Waals surface area contributed by atoms with Crippen LogP contribution in [0, 0.1) is 11.2 Å². The molecule has 1 aromatic carbocycles. The van der Waals surface area contributed by atoms with Gasteiger partial charge in [0.05, 0.1) is 18.1 Å². The lowest BCUT2D eigenvalue weighted by Crippen LogP contribution is -2.50. The minimum absolute atomic E-state index is 0. The van der Waals surface area contributed by atoms with Gasteiger partial charge in [-0.2, -0.15) is 0 Å². The summed E-state index contributed by atoms with van der Waals surface area (Å²) in [4.78, 5) is 12.7. The second kappa shape index (κ2) is 8.83. The molecule has 1 aromatic rings. The maximum atomic E-state index is 13.1. The summed E-state index contributed by atoms with van der Waals surface area (Å²) in [6.45, 7) is 3.83. The van der Waals surface area contributed by atoms with Crippen molar-refractivity contribution < 1.29 is 13.9 Å². The third-order valence-corrected chi connectivity index (χ3v) is 4.57. The van der Waals surface area contributed by atoms with Crippen LogP contribution in [0.4, 0.5) is 4.39 Å². The van der Waals surface area contributed by atoms with Gasteiger partial charge in [0.2, 0.25) is 5.91 Å². The van der Waals surface area contributed by atoms with E-state index in [1.165, 1.54) is 12.1 Å². The van der Waals surface area contributed by atoms with E-state index in [1.807, 2.05) is 6.92 Å². The summed E-state index contributed by atoms with van der Waals surface area (Å²) < 4.78 is 18.4. The topological polar surface area (TPSA) is 50.4 Å². The van der Waals surface area contributed by atoms with Gasteiger partial charge >= 0.3 is 0 Å². The van der Waals surface area contributed by atoms with E-state index in [1.54, 1.807) is 13.2 Å². The predicted octanol–water partition coefficient (Wildman–Crippen LogP) is 3.09. The van der Waals surface area contributed by atoms with Crippen LogP contribution in [-0.2, 0) is 9.53 Å². The Morgan fingerprint density at radius 3 is 2.70 bits per heavy atom. The first-order valence-electron chi connectivity index (χ1n) is 7.44. The molecule has 1 amide bonds. The molecule has 0 saturated carbocycles. The highest BCUT2D eigenvalue weighted by Gasteiger charge is 2.40. The number of amides is 1. The maximum absolute atomic E-state index is 13.1. The van der Waals surface area contributed by atoms with Crippen LogP contribution in [0.3, 0.4) is 0 Å². The number of carbonyl (C=O) groups is 1. The van der Waals surface area contributed by atoms with Gasteiger partial charge in [0, 0.05) is 12.1 Å². The number of hydrogen-bond acceptors (Lipinski definition) is 3. The number of hydrogen-bond donors (Lipinski definition) is 2. The minimum atomic E-state index is -0.513. The molecule has 1 aliphatic heterocycles. The lowest BCUT2D eigenvalue weighted by molar-refractivity contribution is -0.136. The summed E-state index contributed by atoms with van der Waals surface area (Å²) in [5.41, 5.74) is 0.193. The van der Waals surface area contributed by atoms with Gasteiger partial charge in [-0.25, -0.2) is 4.39 Å². The van der Waals surface area contributed by atoms with E-state index < -0.39 is 5.41 Å². The Morgan fingerprint density at radius 2 is 2.13 bits per heavy atom. The summed E-state index contributed by atoms with van der Waals surface area (Å²) in [5.74, 6) is -0.426.